The number of carbonyl (C=O) groups excluding carboxylic acids is 1. The van der Waals surface area contributed by atoms with Crippen LogP contribution in [0.5, 0.6) is 11.5 Å². The summed E-state index contributed by atoms with van der Waals surface area (Å²) in [7, 11) is 0. The van der Waals surface area contributed by atoms with Crippen LogP contribution in [-0.2, 0) is 21.4 Å². The van der Waals surface area contributed by atoms with Gasteiger partial charge in [-0.2, -0.15) is 0 Å². The molecule has 2 saturated carbocycles. The minimum atomic E-state index is -0.899. The molecule has 2 bridgehead atoms. The van der Waals surface area contributed by atoms with Gasteiger partial charge in [0, 0.05) is 31.0 Å². The van der Waals surface area contributed by atoms with Gasteiger partial charge >= 0.3 is 5.97 Å². The van der Waals surface area contributed by atoms with Gasteiger partial charge in [0.25, 0.3) is 0 Å². The molecule has 0 radical (unpaired) electrons. The third-order valence-corrected chi connectivity index (χ3v) is 8.94. The van der Waals surface area contributed by atoms with Crippen LogP contribution in [0.15, 0.2) is 12.1 Å². The van der Waals surface area contributed by atoms with Crippen LogP contribution in [0.25, 0.3) is 0 Å². The molecule has 5 aliphatic rings. The maximum absolute atomic E-state index is 13.2. The highest BCUT2D eigenvalue weighted by molar-refractivity contribution is 5.79. The second kappa shape index (κ2) is 7.34. The molecule has 8 heteroatoms. The number of phenols is 1. The SMILES string of the molecule is O=C(O)CCCC(=O)N[C@@]12CC[C@H](O)C3Oc4c(O)ccc5c4[C@@]31CCN(CC1CC1)[C@@H]2C5. The van der Waals surface area contributed by atoms with Crippen LogP contribution < -0.4 is 10.1 Å². The lowest BCUT2D eigenvalue weighted by Gasteiger charge is -2.66. The van der Waals surface area contributed by atoms with Gasteiger partial charge in [0.05, 0.1) is 17.1 Å². The number of likely N-dealkylation sites (tertiary alicyclic amines) is 1. The molecule has 1 saturated heterocycles. The summed E-state index contributed by atoms with van der Waals surface area (Å²) in [5.41, 5.74) is 0.899. The van der Waals surface area contributed by atoms with Gasteiger partial charge in [0.15, 0.2) is 11.5 Å². The predicted molar refractivity (Wildman–Crippen MR) is 118 cm³/mol. The van der Waals surface area contributed by atoms with Crippen LogP contribution in [0.2, 0.25) is 0 Å². The molecule has 1 aromatic carbocycles. The van der Waals surface area contributed by atoms with E-state index in [4.69, 9.17) is 9.84 Å². The van der Waals surface area contributed by atoms with Crippen LogP contribution >= 0.6 is 0 Å². The van der Waals surface area contributed by atoms with E-state index in [1.807, 2.05) is 6.07 Å². The first-order valence-corrected chi connectivity index (χ1v) is 12.3. The number of rotatable bonds is 7. The second-order valence-corrected chi connectivity index (χ2v) is 10.7. The van der Waals surface area contributed by atoms with Gasteiger partial charge in [-0.3, -0.25) is 14.5 Å². The molecule has 1 unspecified atom stereocenters. The van der Waals surface area contributed by atoms with E-state index in [0.717, 1.165) is 37.1 Å². The van der Waals surface area contributed by atoms with Crippen molar-refractivity contribution in [2.24, 2.45) is 5.92 Å². The number of aliphatic hydroxyl groups excluding tert-OH is 1. The largest absolute Gasteiger partial charge is 0.504 e. The van der Waals surface area contributed by atoms with Crippen molar-refractivity contribution in [1.82, 2.24) is 10.2 Å². The Morgan fingerprint density at radius 1 is 1.18 bits per heavy atom. The maximum atomic E-state index is 13.2. The molecule has 3 fully saturated rings. The summed E-state index contributed by atoms with van der Waals surface area (Å²) < 4.78 is 6.32. The smallest absolute Gasteiger partial charge is 0.303 e. The number of nitrogens with one attached hydrogen (secondary N) is 1. The number of hydrogen-bond acceptors (Lipinski definition) is 6. The van der Waals surface area contributed by atoms with Crippen molar-refractivity contribution in [3.63, 3.8) is 0 Å². The van der Waals surface area contributed by atoms with E-state index in [2.05, 4.69) is 10.2 Å². The molecule has 1 amide bonds. The summed E-state index contributed by atoms with van der Waals surface area (Å²) in [6, 6.07) is 3.75. The molecule has 3 aliphatic carbocycles. The summed E-state index contributed by atoms with van der Waals surface area (Å²) in [4.78, 5) is 26.7. The van der Waals surface area contributed by atoms with E-state index in [0.29, 0.717) is 30.9 Å². The van der Waals surface area contributed by atoms with Gasteiger partial charge in [-0.1, -0.05) is 6.07 Å². The third kappa shape index (κ3) is 2.96. The fourth-order valence-electron chi connectivity index (χ4n) is 7.47. The van der Waals surface area contributed by atoms with E-state index < -0.39 is 29.1 Å². The summed E-state index contributed by atoms with van der Waals surface area (Å²) in [6.07, 6.45) is 4.40. The number of aliphatic carboxylic acids is 1. The average Bonchev–Trinajstić information content (AvgIpc) is 3.50. The molecule has 4 N–H and O–H groups in total. The quantitative estimate of drug-likeness (QED) is 0.493. The number of nitrogens with zero attached hydrogens (tertiary/aromatic N) is 1. The Bertz CT molecular complexity index is 1010. The highest BCUT2D eigenvalue weighted by atomic mass is 16.5. The highest BCUT2D eigenvalue weighted by Crippen LogP contribution is 2.65. The Labute approximate surface area is 192 Å². The molecule has 1 spiro atoms. The van der Waals surface area contributed by atoms with Crippen LogP contribution in [-0.4, -0.2) is 69.0 Å². The van der Waals surface area contributed by atoms with Crippen LogP contribution in [0.3, 0.4) is 0 Å². The first-order chi connectivity index (χ1) is 15.9. The van der Waals surface area contributed by atoms with Gasteiger partial charge < -0.3 is 25.4 Å². The predicted octanol–water partition coefficient (Wildman–Crippen LogP) is 1.70. The van der Waals surface area contributed by atoms with Crippen molar-refractivity contribution < 1.29 is 29.6 Å². The van der Waals surface area contributed by atoms with Crippen molar-refractivity contribution >= 4 is 11.9 Å². The van der Waals surface area contributed by atoms with Gasteiger partial charge in [0.1, 0.15) is 6.10 Å². The summed E-state index contributed by atoms with van der Waals surface area (Å²) in [6.45, 7) is 1.89. The molecule has 33 heavy (non-hydrogen) atoms. The van der Waals surface area contributed by atoms with E-state index in [1.54, 1.807) is 6.07 Å². The maximum Gasteiger partial charge on any atom is 0.303 e. The number of aromatic hydroxyl groups is 1. The molecule has 178 valence electrons. The number of carboxylic acid groups (broad SMARTS) is 1. The van der Waals surface area contributed by atoms with E-state index in [9.17, 15) is 19.8 Å². The fourth-order valence-corrected chi connectivity index (χ4v) is 7.47. The molecule has 5 atom stereocenters. The zero-order valence-electron chi connectivity index (χ0n) is 18.8. The summed E-state index contributed by atoms with van der Waals surface area (Å²) in [5.74, 6) is 0.233. The monoisotopic (exact) mass is 456 g/mol. The van der Waals surface area contributed by atoms with Gasteiger partial charge in [0.2, 0.25) is 5.91 Å². The zero-order valence-corrected chi connectivity index (χ0v) is 18.8. The number of ether oxygens (including phenoxy) is 1. The lowest BCUT2D eigenvalue weighted by Crippen LogP contribution is -2.82. The minimum absolute atomic E-state index is 0.0336. The molecule has 1 aromatic rings. The van der Waals surface area contributed by atoms with Crippen LogP contribution in [0, 0.1) is 5.92 Å². The van der Waals surface area contributed by atoms with E-state index in [1.165, 1.54) is 12.8 Å². The Balaban J connectivity index is 1.45. The van der Waals surface area contributed by atoms with Crippen molar-refractivity contribution in [3.05, 3.63) is 23.3 Å². The Hall–Kier alpha value is -2.32. The van der Waals surface area contributed by atoms with Crippen molar-refractivity contribution in [2.75, 3.05) is 13.1 Å². The molecule has 8 nitrogen and oxygen atoms in total. The second-order valence-electron chi connectivity index (χ2n) is 10.7. The minimum Gasteiger partial charge on any atom is -0.504 e. The first kappa shape index (κ1) is 21.2. The standard InChI is InChI=1S/C25H32N2O6/c28-16-7-6-15-12-18-25(26-19(30)2-1-3-20(31)32)9-8-17(29)23-24(25,21(15)22(16)33-23)10-11-27(18)13-14-4-5-14/h6-7,14,17-18,23,28-29H,1-5,8-13H2,(H,26,30)(H,31,32)/t17-,18+,23?,24-,25+/m0/s1. The number of carbonyl (C=O) groups is 2. The Kier molecular flexibility index (Phi) is 4.72. The number of phenolic OH excluding ortho intramolecular Hbond substituents is 1. The van der Waals surface area contributed by atoms with Crippen LogP contribution in [0.4, 0.5) is 0 Å². The third-order valence-electron chi connectivity index (χ3n) is 8.94. The summed E-state index contributed by atoms with van der Waals surface area (Å²) in [5, 5.41) is 34.1. The van der Waals surface area contributed by atoms with E-state index >= 15 is 0 Å². The number of piperidine rings is 1. The number of carboxylic acids is 1. The molecule has 2 aliphatic heterocycles. The van der Waals surface area contributed by atoms with Gasteiger partial charge in [-0.05, 0) is 69.0 Å². The van der Waals surface area contributed by atoms with Crippen molar-refractivity contribution in [3.8, 4) is 11.5 Å². The average molecular weight is 457 g/mol. The topological polar surface area (TPSA) is 119 Å². The first-order valence-electron chi connectivity index (χ1n) is 12.3. The Morgan fingerprint density at radius 2 is 2.00 bits per heavy atom. The van der Waals surface area contributed by atoms with Crippen molar-refractivity contribution in [1.29, 1.82) is 0 Å². The fraction of sp³-hybridized carbons (Fsp3) is 0.680. The normalized spacial score (nSPS) is 36.1. The van der Waals surface area contributed by atoms with Gasteiger partial charge in [-0.15, -0.1) is 0 Å². The molecular weight excluding hydrogens is 424 g/mol. The van der Waals surface area contributed by atoms with E-state index in [-0.39, 0.29) is 30.5 Å². The lowest BCUT2D eigenvalue weighted by atomic mass is 9.47. The Morgan fingerprint density at radius 3 is 2.76 bits per heavy atom. The summed E-state index contributed by atoms with van der Waals surface area (Å²) >= 11 is 0. The van der Waals surface area contributed by atoms with Gasteiger partial charge in [-0.25, -0.2) is 0 Å². The number of amides is 1. The lowest BCUT2D eigenvalue weighted by molar-refractivity contribution is -0.148. The highest BCUT2D eigenvalue weighted by Gasteiger charge is 2.73. The molecular formula is C25H32N2O6. The number of benzene rings is 1. The number of aliphatic hydroxyl groups is 1. The number of hydrogen-bond donors (Lipinski definition) is 4. The van der Waals surface area contributed by atoms with Crippen LogP contribution in [0.1, 0.15) is 62.5 Å². The molecule has 6 rings (SSSR count). The van der Waals surface area contributed by atoms with Crippen molar-refractivity contribution in [2.45, 2.75) is 87.0 Å². The molecule has 0 aromatic heterocycles. The molecule has 2 heterocycles. The zero-order chi connectivity index (χ0) is 23.0.